The largest absolute Gasteiger partial charge is 0.497 e. The Balaban J connectivity index is 1.42. The minimum Gasteiger partial charge on any atom is -0.497 e. The van der Waals surface area contributed by atoms with Crippen LogP contribution in [0.25, 0.3) is 0 Å². The summed E-state index contributed by atoms with van der Waals surface area (Å²) in [5.41, 5.74) is 0.816. The first-order chi connectivity index (χ1) is 15.9. The van der Waals surface area contributed by atoms with Crippen molar-refractivity contribution in [1.29, 1.82) is 0 Å². The lowest BCUT2D eigenvalue weighted by Crippen LogP contribution is -2.44. The number of ether oxygens (including phenoxy) is 2. The molecule has 2 aliphatic heterocycles. The topological polar surface area (TPSA) is 59.1 Å². The predicted octanol–water partition coefficient (Wildman–Crippen LogP) is 4.20. The van der Waals surface area contributed by atoms with Crippen LogP contribution in [0, 0.1) is 17.6 Å². The number of methoxy groups -OCH3 is 2. The molecule has 176 valence electrons. The van der Waals surface area contributed by atoms with Crippen LogP contribution in [-0.4, -0.2) is 55.5 Å². The molecule has 0 radical (unpaired) electrons. The van der Waals surface area contributed by atoms with Crippen LogP contribution in [-0.2, 0) is 4.79 Å². The molecule has 0 N–H and O–H groups in total. The second-order valence-corrected chi connectivity index (χ2v) is 8.49. The number of benzene rings is 2. The Kier molecular flexibility index (Phi) is 6.81. The predicted molar refractivity (Wildman–Crippen MR) is 118 cm³/mol. The van der Waals surface area contributed by atoms with E-state index in [1.54, 1.807) is 14.2 Å². The second-order valence-electron chi connectivity index (χ2n) is 8.49. The molecule has 2 amide bonds. The highest BCUT2D eigenvalue weighted by molar-refractivity contribution is 5.94. The molecule has 6 nitrogen and oxygen atoms in total. The first-order valence-corrected chi connectivity index (χ1v) is 11.2. The van der Waals surface area contributed by atoms with Gasteiger partial charge in [0.15, 0.2) is 0 Å². The molecule has 0 aromatic heterocycles. The first kappa shape index (κ1) is 23.0. The van der Waals surface area contributed by atoms with Crippen LogP contribution in [0.1, 0.15) is 47.6 Å². The number of rotatable bonds is 5. The van der Waals surface area contributed by atoms with Crippen molar-refractivity contribution >= 4 is 11.8 Å². The fourth-order valence-electron chi connectivity index (χ4n) is 4.84. The van der Waals surface area contributed by atoms with Gasteiger partial charge >= 0.3 is 0 Å². The summed E-state index contributed by atoms with van der Waals surface area (Å²) < 4.78 is 38.0. The minimum absolute atomic E-state index is 0.0636. The fourth-order valence-corrected chi connectivity index (χ4v) is 4.84. The Hall–Kier alpha value is -3.16. The lowest BCUT2D eigenvalue weighted by Gasteiger charge is -2.35. The maximum absolute atomic E-state index is 14.0. The molecule has 1 atom stereocenters. The molecule has 2 aliphatic rings. The van der Waals surface area contributed by atoms with Crippen LogP contribution in [0.4, 0.5) is 8.78 Å². The third-order valence-corrected chi connectivity index (χ3v) is 6.63. The van der Waals surface area contributed by atoms with Crippen LogP contribution < -0.4 is 9.47 Å². The van der Waals surface area contributed by atoms with Gasteiger partial charge in [-0.25, -0.2) is 8.78 Å². The molecule has 0 saturated carbocycles. The molecule has 2 aromatic carbocycles. The number of halogens is 2. The van der Waals surface area contributed by atoms with E-state index >= 15 is 0 Å². The zero-order chi connectivity index (χ0) is 23.5. The number of likely N-dealkylation sites (tertiary alicyclic amines) is 2. The highest BCUT2D eigenvalue weighted by atomic mass is 19.1. The van der Waals surface area contributed by atoms with Gasteiger partial charge < -0.3 is 19.3 Å². The molecule has 0 bridgehead atoms. The summed E-state index contributed by atoms with van der Waals surface area (Å²) in [6.45, 7) is 1.39. The zero-order valence-corrected chi connectivity index (χ0v) is 18.9. The molecule has 0 aliphatic carbocycles. The summed E-state index contributed by atoms with van der Waals surface area (Å²) >= 11 is 0. The van der Waals surface area contributed by atoms with Crippen molar-refractivity contribution in [2.45, 2.75) is 31.7 Å². The fraction of sp³-hybridized carbons (Fsp3) is 0.440. The number of nitrogens with zero attached hydrogens (tertiary/aromatic N) is 2. The molecule has 2 fully saturated rings. The summed E-state index contributed by atoms with van der Waals surface area (Å²) in [7, 11) is 3.21. The minimum atomic E-state index is -0.869. The van der Waals surface area contributed by atoms with E-state index in [0.29, 0.717) is 50.0 Å². The highest BCUT2D eigenvalue weighted by Gasteiger charge is 2.37. The summed E-state index contributed by atoms with van der Waals surface area (Å²) in [6, 6.07) is 8.55. The van der Waals surface area contributed by atoms with E-state index in [-0.39, 0.29) is 23.4 Å². The van der Waals surface area contributed by atoms with Gasteiger partial charge in [-0.3, -0.25) is 9.59 Å². The number of hydrogen-bond donors (Lipinski definition) is 0. The number of carbonyl (C=O) groups is 2. The van der Waals surface area contributed by atoms with Crippen LogP contribution >= 0.6 is 0 Å². The number of carbonyl (C=O) groups excluding carboxylic acids is 2. The Labute approximate surface area is 192 Å². The molecule has 1 unspecified atom stereocenters. The lowest BCUT2D eigenvalue weighted by atomic mass is 9.93. The van der Waals surface area contributed by atoms with E-state index in [2.05, 4.69) is 0 Å². The summed E-state index contributed by atoms with van der Waals surface area (Å²) in [4.78, 5) is 29.5. The van der Waals surface area contributed by atoms with Gasteiger partial charge in [-0.05, 0) is 49.9 Å². The van der Waals surface area contributed by atoms with E-state index in [9.17, 15) is 18.4 Å². The molecule has 33 heavy (non-hydrogen) atoms. The van der Waals surface area contributed by atoms with Crippen LogP contribution in [0.15, 0.2) is 36.4 Å². The second kappa shape index (κ2) is 9.77. The third kappa shape index (κ3) is 4.65. The van der Waals surface area contributed by atoms with Crippen LogP contribution in [0.2, 0.25) is 0 Å². The molecule has 4 rings (SSSR count). The molecular weight excluding hydrogens is 430 g/mol. The van der Waals surface area contributed by atoms with Crippen molar-refractivity contribution in [3.63, 3.8) is 0 Å². The van der Waals surface area contributed by atoms with Crippen molar-refractivity contribution in [2.75, 3.05) is 33.9 Å². The molecule has 8 heteroatoms. The molecule has 2 heterocycles. The van der Waals surface area contributed by atoms with Crippen LogP contribution in [0.3, 0.4) is 0 Å². The first-order valence-electron chi connectivity index (χ1n) is 11.2. The van der Waals surface area contributed by atoms with E-state index in [4.69, 9.17) is 9.47 Å². The highest BCUT2D eigenvalue weighted by Crippen LogP contribution is 2.40. The Morgan fingerprint density at radius 1 is 0.939 bits per heavy atom. The van der Waals surface area contributed by atoms with E-state index < -0.39 is 17.5 Å². The van der Waals surface area contributed by atoms with E-state index in [0.717, 1.165) is 24.5 Å². The number of piperidine rings is 1. The van der Waals surface area contributed by atoms with Gasteiger partial charge in [-0.1, -0.05) is 0 Å². The molecule has 0 spiro atoms. The quantitative estimate of drug-likeness (QED) is 0.674. The summed E-state index contributed by atoms with van der Waals surface area (Å²) in [5.74, 6) is -0.789. The molecular formula is C25H28F2N2O4. The number of hydrogen-bond acceptors (Lipinski definition) is 4. The summed E-state index contributed by atoms with van der Waals surface area (Å²) in [5, 5.41) is 0. The maximum atomic E-state index is 14.0. The average Bonchev–Trinajstić information content (AvgIpc) is 3.32. The standard InChI is InChI=1S/C25H28F2N2O4/c1-32-18-6-8-20(23(15-18)33-2)22-4-3-11-29(22)24(30)16-9-12-28(13-10-16)25(31)19-7-5-17(26)14-21(19)27/h5-8,14-16,22H,3-4,9-13H2,1-2H3. The van der Waals surface area contributed by atoms with Gasteiger partial charge in [0.05, 0.1) is 25.8 Å². The van der Waals surface area contributed by atoms with Crippen molar-refractivity contribution in [2.24, 2.45) is 5.92 Å². The van der Waals surface area contributed by atoms with E-state index in [1.165, 1.54) is 11.0 Å². The van der Waals surface area contributed by atoms with Crippen molar-refractivity contribution in [3.05, 3.63) is 59.2 Å². The Morgan fingerprint density at radius 2 is 1.70 bits per heavy atom. The summed E-state index contributed by atoms with van der Waals surface area (Å²) in [6.07, 6.45) is 2.79. The Bertz CT molecular complexity index is 1040. The van der Waals surface area contributed by atoms with Crippen molar-refractivity contribution in [3.8, 4) is 11.5 Å². The van der Waals surface area contributed by atoms with Gasteiger partial charge in [-0.2, -0.15) is 0 Å². The SMILES string of the molecule is COc1ccc(C2CCCN2C(=O)C2CCN(C(=O)c3ccc(F)cc3F)CC2)c(OC)c1. The maximum Gasteiger partial charge on any atom is 0.256 e. The zero-order valence-electron chi connectivity index (χ0n) is 18.9. The van der Waals surface area contributed by atoms with Gasteiger partial charge in [0, 0.05) is 43.2 Å². The smallest absolute Gasteiger partial charge is 0.256 e. The normalized spacial score (nSPS) is 19.0. The van der Waals surface area contributed by atoms with E-state index in [1.807, 2.05) is 23.1 Å². The average molecular weight is 459 g/mol. The van der Waals surface area contributed by atoms with Gasteiger partial charge in [0.25, 0.3) is 5.91 Å². The Morgan fingerprint density at radius 3 is 2.36 bits per heavy atom. The molecule has 2 saturated heterocycles. The lowest BCUT2D eigenvalue weighted by molar-refractivity contribution is -0.137. The van der Waals surface area contributed by atoms with Crippen molar-refractivity contribution < 1.29 is 27.8 Å². The van der Waals surface area contributed by atoms with Crippen molar-refractivity contribution in [1.82, 2.24) is 9.80 Å². The number of amides is 2. The third-order valence-electron chi connectivity index (χ3n) is 6.63. The van der Waals surface area contributed by atoms with Gasteiger partial charge in [0.1, 0.15) is 23.1 Å². The van der Waals surface area contributed by atoms with Crippen LogP contribution in [0.5, 0.6) is 11.5 Å². The van der Waals surface area contributed by atoms with Gasteiger partial charge in [-0.15, -0.1) is 0 Å². The van der Waals surface area contributed by atoms with Gasteiger partial charge in [0.2, 0.25) is 5.91 Å². The monoisotopic (exact) mass is 458 g/mol. The molecule has 2 aromatic rings.